The summed E-state index contributed by atoms with van der Waals surface area (Å²) in [6.07, 6.45) is 0. The van der Waals surface area contributed by atoms with E-state index >= 15 is 0 Å². The lowest BCUT2D eigenvalue weighted by Crippen LogP contribution is -2.51. The van der Waals surface area contributed by atoms with Crippen molar-refractivity contribution in [2.45, 2.75) is 17.9 Å². The molecule has 1 aromatic carbocycles. The zero-order chi connectivity index (χ0) is 14.0. The first-order valence-electron chi connectivity index (χ1n) is 6.02. The molecule has 0 unspecified atom stereocenters. The molecule has 7 heteroatoms. The van der Waals surface area contributed by atoms with E-state index < -0.39 is 10.0 Å². The molecule has 1 heterocycles. The van der Waals surface area contributed by atoms with E-state index in [9.17, 15) is 8.42 Å². The molecule has 0 aromatic heterocycles. The molecule has 1 aliphatic heterocycles. The van der Waals surface area contributed by atoms with Crippen LogP contribution >= 0.6 is 15.9 Å². The van der Waals surface area contributed by atoms with Crippen molar-refractivity contribution >= 4 is 26.0 Å². The molecule has 0 radical (unpaired) electrons. The van der Waals surface area contributed by atoms with Crippen LogP contribution in [0.15, 0.2) is 27.6 Å². The van der Waals surface area contributed by atoms with Gasteiger partial charge < -0.3 is 10.1 Å². The molecule has 0 saturated carbocycles. The molecular formula is C12H17BrN2O3S. The predicted molar refractivity (Wildman–Crippen MR) is 76.9 cm³/mol. The number of methoxy groups -OCH3 is 1. The summed E-state index contributed by atoms with van der Waals surface area (Å²) in [6, 6.07) is 5.16. The van der Waals surface area contributed by atoms with Crippen LogP contribution in [0.1, 0.15) is 6.92 Å². The molecule has 1 atom stereocenters. The number of nitrogens with zero attached hydrogens (tertiary/aromatic N) is 1. The van der Waals surface area contributed by atoms with E-state index in [0.29, 0.717) is 25.4 Å². The molecule has 19 heavy (non-hydrogen) atoms. The molecule has 1 fully saturated rings. The fourth-order valence-corrected chi connectivity index (χ4v) is 4.33. The zero-order valence-corrected chi connectivity index (χ0v) is 13.3. The minimum Gasteiger partial charge on any atom is -0.495 e. The van der Waals surface area contributed by atoms with Gasteiger partial charge in [0.1, 0.15) is 10.6 Å². The van der Waals surface area contributed by atoms with Gasteiger partial charge in [0.2, 0.25) is 10.0 Å². The Morgan fingerprint density at radius 3 is 2.84 bits per heavy atom. The van der Waals surface area contributed by atoms with Gasteiger partial charge >= 0.3 is 0 Å². The topological polar surface area (TPSA) is 58.6 Å². The number of hydrogen-bond donors (Lipinski definition) is 1. The van der Waals surface area contributed by atoms with Crippen LogP contribution in [0, 0.1) is 0 Å². The fraction of sp³-hybridized carbons (Fsp3) is 0.500. The molecule has 0 bridgehead atoms. The summed E-state index contributed by atoms with van der Waals surface area (Å²) in [6.45, 7) is 3.58. The van der Waals surface area contributed by atoms with Gasteiger partial charge in [0, 0.05) is 30.1 Å². The summed E-state index contributed by atoms with van der Waals surface area (Å²) >= 11 is 3.30. The first-order chi connectivity index (χ1) is 8.95. The average molecular weight is 349 g/mol. The summed E-state index contributed by atoms with van der Waals surface area (Å²) in [7, 11) is -2.05. The van der Waals surface area contributed by atoms with E-state index in [4.69, 9.17) is 4.74 Å². The Kier molecular flexibility index (Phi) is 4.50. The van der Waals surface area contributed by atoms with E-state index in [1.165, 1.54) is 11.4 Å². The molecule has 106 valence electrons. The number of piperazine rings is 1. The lowest BCUT2D eigenvalue weighted by atomic mass is 10.3. The van der Waals surface area contributed by atoms with Crippen LogP contribution in [0.4, 0.5) is 0 Å². The van der Waals surface area contributed by atoms with Crippen LogP contribution < -0.4 is 10.1 Å². The Bertz CT molecular complexity index is 562. The normalized spacial score (nSPS) is 21.3. The third-order valence-electron chi connectivity index (χ3n) is 3.07. The monoisotopic (exact) mass is 348 g/mol. The van der Waals surface area contributed by atoms with Gasteiger partial charge in [0.25, 0.3) is 0 Å². The van der Waals surface area contributed by atoms with Crippen LogP contribution in [-0.2, 0) is 10.0 Å². The minimum absolute atomic E-state index is 0.154. The molecule has 1 aliphatic rings. The highest BCUT2D eigenvalue weighted by Crippen LogP contribution is 2.30. The minimum atomic E-state index is -3.52. The molecule has 1 aromatic rings. The summed E-state index contributed by atoms with van der Waals surface area (Å²) in [5.41, 5.74) is 0. The van der Waals surface area contributed by atoms with Crippen molar-refractivity contribution < 1.29 is 13.2 Å². The highest BCUT2D eigenvalue weighted by Gasteiger charge is 2.30. The lowest BCUT2D eigenvalue weighted by molar-refractivity contribution is 0.308. The van der Waals surface area contributed by atoms with Crippen molar-refractivity contribution in [3.8, 4) is 5.75 Å². The molecule has 0 aliphatic carbocycles. The van der Waals surface area contributed by atoms with Crippen molar-refractivity contribution in [2.24, 2.45) is 0 Å². The number of rotatable bonds is 3. The maximum atomic E-state index is 12.7. The molecule has 0 spiro atoms. The summed E-state index contributed by atoms with van der Waals surface area (Å²) in [4.78, 5) is 0.207. The average Bonchev–Trinajstić information content (AvgIpc) is 2.38. The highest BCUT2D eigenvalue weighted by atomic mass is 79.9. The van der Waals surface area contributed by atoms with Crippen LogP contribution in [-0.4, -0.2) is 45.5 Å². The zero-order valence-electron chi connectivity index (χ0n) is 10.9. The SMILES string of the molecule is COc1ccc(Br)cc1S(=O)(=O)N1CCN[C@H](C)C1. The Balaban J connectivity index is 2.41. The van der Waals surface area contributed by atoms with Gasteiger partial charge in [-0.05, 0) is 25.1 Å². The summed E-state index contributed by atoms with van der Waals surface area (Å²) in [5.74, 6) is 0.370. The van der Waals surface area contributed by atoms with Gasteiger partial charge in [-0.1, -0.05) is 15.9 Å². The van der Waals surface area contributed by atoms with E-state index in [0.717, 1.165) is 4.47 Å². The fourth-order valence-electron chi connectivity index (χ4n) is 2.11. The molecule has 1 N–H and O–H groups in total. The van der Waals surface area contributed by atoms with E-state index in [1.54, 1.807) is 18.2 Å². The second-order valence-corrected chi connectivity index (χ2v) is 7.34. The molecule has 0 amide bonds. The first-order valence-corrected chi connectivity index (χ1v) is 8.25. The largest absolute Gasteiger partial charge is 0.495 e. The molecule has 2 rings (SSSR count). The third-order valence-corrected chi connectivity index (χ3v) is 5.45. The second-order valence-electron chi connectivity index (χ2n) is 4.51. The van der Waals surface area contributed by atoms with Crippen molar-refractivity contribution in [3.63, 3.8) is 0 Å². The Morgan fingerprint density at radius 1 is 1.47 bits per heavy atom. The Morgan fingerprint density at radius 2 is 2.21 bits per heavy atom. The van der Waals surface area contributed by atoms with Crippen LogP contribution in [0.25, 0.3) is 0 Å². The smallest absolute Gasteiger partial charge is 0.246 e. The number of nitrogens with one attached hydrogen (secondary N) is 1. The number of hydrogen-bond acceptors (Lipinski definition) is 4. The van der Waals surface area contributed by atoms with Gasteiger partial charge in [-0.3, -0.25) is 0 Å². The van der Waals surface area contributed by atoms with Crippen LogP contribution in [0.2, 0.25) is 0 Å². The van der Waals surface area contributed by atoms with E-state index in [-0.39, 0.29) is 10.9 Å². The van der Waals surface area contributed by atoms with Crippen molar-refractivity contribution in [2.75, 3.05) is 26.7 Å². The van der Waals surface area contributed by atoms with Crippen molar-refractivity contribution in [1.82, 2.24) is 9.62 Å². The maximum Gasteiger partial charge on any atom is 0.246 e. The van der Waals surface area contributed by atoms with Gasteiger partial charge in [-0.25, -0.2) is 8.42 Å². The van der Waals surface area contributed by atoms with Gasteiger partial charge in [-0.15, -0.1) is 0 Å². The van der Waals surface area contributed by atoms with Gasteiger partial charge in [0.05, 0.1) is 7.11 Å². The van der Waals surface area contributed by atoms with Crippen LogP contribution in [0.5, 0.6) is 5.75 Å². The van der Waals surface area contributed by atoms with Crippen LogP contribution in [0.3, 0.4) is 0 Å². The second kappa shape index (κ2) is 5.78. The Labute approximate surface area is 122 Å². The highest BCUT2D eigenvalue weighted by molar-refractivity contribution is 9.10. The van der Waals surface area contributed by atoms with Crippen molar-refractivity contribution in [3.05, 3.63) is 22.7 Å². The van der Waals surface area contributed by atoms with Crippen molar-refractivity contribution in [1.29, 1.82) is 0 Å². The lowest BCUT2D eigenvalue weighted by Gasteiger charge is -2.31. The molecular weight excluding hydrogens is 332 g/mol. The van der Waals surface area contributed by atoms with Gasteiger partial charge in [-0.2, -0.15) is 4.31 Å². The third kappa shape index (κ3) is 3.10. The number of benzene rings is 1. The standard InChI is InChI=1S/C12H17BrN2O3S/c1-9-8-15(6-5-14-9)19(16,17)12-7-10(13)3-4-11(12)18-2/h3-4,7,9,14H,5-6,8H2,1-2H3/t9-/m1/s1. The first kappa shape index (κ1) is 14.8. The molecule has 1 saturated heterocycles. The number of ether oxygens (including phenoxy) is 1. The Hall–Kier alpha value is -0.630. The maximum absolute atomic E-state index is 12.7. The summed E-state index contributed by atoms with van der Waals surface area (Å²) < 4.78 is 32.7. The predicted octanol–water partition coefficient (Wildman–Crippen LogP) is 1.44. The molecule has 5 nitrogen and oxygen atoms in total. The number of sulfonamides is 1. The van der Waals surface area contributed by atoms with E-state index in [1.807, 2.05) is 6.92 Å². The number of halogens is 1. The van der Waals surface area contributed by atoms with Gasteiger partial charge in [0.15, 0.2) is 0 Å². The summed E-state index contributed by atoms with van der Waals surface area (Å²) in [5, 5.41) is 3.23. The van der Waals surface area contributed by atoms with E-state index in [2.05, 4.69) is 21.2 Å². The quantitative estimate of drug-likeness (QED) is 0.897.